The molecule has 0 aliphatic carbocycles. The summed E-state index contributed by atoms with van der Waals surface area (Å²) in [6, 6.07) is 58.5. The van der Waals surface area contributed by atoms with Crippen molar-refractivity contribution >= 4 is 7.40 Å². The van der Waals surface area contributed by atoms with Crippen LogP contribution in [-0.2, 0) is 20.5 Å². The Hall–Kier alpha value is -4.77. The van der Waals surface area contributed by atoms with Crippen molar-refractivity contribution < 1.29 is 13.6 Å². The van der Waals surface area contributed by atoms with Crippen molar-refractivity contribution in [3.63, 3.8) is 0 Å². The molecule has 0 amide bonds. The highest BCUT2D eigenvalue weighted by Crippen LogP contribution is 2.45. The SMILES string of the molecule is FB(OC(c1ccccc1)(c1ccccc1)c1ccccc1)OC(c1ccccc1)(c1ccccc1)c1ccccc1. The molecule has 0 saturated carbocycles. The molecule has 4 heteroatoms. The maximum absolute atomic E-state index is 17.1. The minimum absolute atomic E-state index is 0.790. The highest BCUT2D eigenvalue weighted by molar-refractivity contribution is 6.36. The zero-order valence-corrected chi connectivity index (χ0v) is 23.1. The smallest absolute Gasteiger partial charge is 0.364 e. The lowest BCUT2D eigenvalue weighted by Crippen LogP contribution is -2.44. The van der Waals surface area contributed by atoms with Crippen LogP contribution in [0.15, 0.2) is 182 Å². The van der Waals surface area contributed by atoms with Gasteiger partial charge in [0.15, 0.2) is 0 Å². The van der Waals surface area contributed by atoms with E-state index in [4.69, 9.17) is 9.31 Å². The van der Waals surface area contributed by atoms with E-state index in [9.17, 15) is 0 Å². The molecule has 0 fully saturated rings. The third-order valence-corrected chi connectivity index (χ3v) is 7.62. The molecule has 2 nitrogen and oxygen atoms in total. The second-order valence-electron chi connectivity index (χ2n) is 10.1. The van der Waals surface area contributed by atoms with Gasteiger partial charge in [0, 0.05) is 0 Å². The Morgan fingerprint density at radius 1 is 0.310 bits per heavy atom. The van der Waals surface area contributed by atoms with Crippen molar-refractivity contribution in [3.05, 3.63) is 215 Å². The van der Waals surface area contributed by atoms with Crippen LogP contribution in [0.25, 0.3) is 0 Å². The summed E-state index contributed by atoms with van der Waals surface area (Å²) in [4.78, 5) is 0. The van der Waals surface area contributed by atoms with Gasteiger partial charge in [-0.3, -0.25) is 4.32 Å². The van der Waals surface area contributed by atoms with Crippen LogP contribution in [0.1, 0.15) is 33.4 Å². The summed E-state index contributed by atoms with van der Waals surface area (Å²) in [7, 11) is -2.15. The molecular formula is C38H30BFO2. The topological polar surface area (TPSA) is 18.5 Å². The van der Waals surface area contributed by atoms with Gasteiger partial charge in [0.25, 0.3) is 0 Å². The van der Waals surface area contributed by atoms with E-state index in [-0.39, 0.29) is 0 Å². The Balaban J connectivity index is 1.54. The molecule has 0 bridgehead atoms. The average Bonchev–Trinajstić information content (AvgIpc) is 3.08. The molecule has 0 aliphatic heterocycles. The lowest BCUT2D eigenvalue weighted by atomic mass is 9.78. The summed E-state index contributed by atoms with van der Waals surface area (Å²) in [5, 5.41) is 0. The molecule has 204 valence electrons. The van der Waals surface area contributed by atoms with Gasteiger partial charge in [-0.1, -0.05) is 182 Å². The van der Waals surface area contributed by atoms with Crippen LogP contribution in [0.2, 0.25) is 0 Å². The predicted molar refractivity (Wildman–Crippen MR) is 167 cm³/mol. The molecule has 0 saturated heterocycles. The first kappa shape index (κ1) is 27.4. The summed E-state index contributed by atoms with van der Waals surface area (Å²) in [5.74, 6) is 0. The molecule has 0 atom stereocenters. The van der Waals surface area contributed by atoms with Crippen LogP contribution in [0.4, 0.5) is 4.32 Å². The Kier molecular flexibility index (Phi) is 8.09. The third kappa shape index (κ3) is 5.19. The normalized spacial score (nSPS) is 11.6. The fourth-order valence-electron chi connectivity index (χ4n) is 5.75. The zero-order valence-electron chi connectivity index (χ0n) is 23.1. The first-order chi connectivity index (χ1) is 20.7. The molecule has 0 spiro atoms. The van der Waals surface area contributed by atoms with Gasteiger partial charge in [0.2, 0.25) is 0 Å². The van der Waals surface area contributed by atoms with Crippen molar-refractivity contribution in [1.82, 2.24) is 0 Å². The number of rotatable bonds is 10. The van der Waals surface area contributed by atoms with Gasteiger partial charge in [-0.15, -0.1) is 0 Å². The number of hydrogen-bond acceptors (Lipinski definition) is 2. The highest BCUT2D eigenvalue weighted by atomic mass is 19.1. The maximum atomic E-state index is 17.1. The molecule has 0 aromatic heterocycles. The van der Waals surface area contributed by atoms with Crippen LogP contribution >= 0.6 is 0 Å². The van der Waals surface area contributed by atoms with Crippen molar-refractivity contribution in [1.29, 1.82) is 0 Å². The van der Waals surface area contributed by atoms with Crippen LogP contribution in [0.5, 0.6) is 0 Å². The van der Waals surface area contributed by atoms with Crippen LogP contribution in [-0.4, -0.2) is 7.40 Å². The summed E-state index contributed by atoms with van der Waals surface area (Å²) in [6.07, 6.45) is 0. The fourth-order valence-corrected chi connectivity index (χ4v) is 5.75. The molecule has 0 heterocycles. The van der Waals surface area contributed by atoms with Crippen molar-refractivity contribution in [2.45, 2.75) is 11.2 Å². The van der Waals surface area contributed by atoms with E-state index >= 15 is 4.32 Å². The Labute approximate surface area is 247 Å². The third-order valence-electron chi connectivity index (χ3n) is 7.62. The van der Waals surface area contributed by atoms with E-state index in [2.05, 4.69) is 0 Å². The summed E-state index contributed by atoms with van der Waals surface area (Å²) in [5.41, 5.74) is 2.16. The first-order valence-corrected chi connectivity index (χ1v) is 14.1. The molecule has 0 unspecified atom stereocenters. The van der Waals surface area contributed by atoms with Gasteiger partial charge in [-0.25, -0.2) is 0 Å². The number of benzene rings is 6. The summed E-state index contributed by atoms with van der Waals surface area (Å²) in [6.45, 7) is 0. The molecule has 0 N–H and O–H groups in total. The number of hydrogen-bond donors (Lipinski definition) is 0. The average molecular weight is 548 g/mol. The van der Waals surface area contributed by atoms with Crippen molar-refractivity contribution in [2.75, 3.05) is 0 Å². The highest BCUT2D eigenvalue weighted by Gasteiger charge is 2.48. The van der Waals surface area contributed by atoms with Gasteiger partial charge in [-0.2, -0.15) is 0 Å². The summed E-state index contributed by atoms with van der Waals surface area (Å²) >= 11 is 0. The molecule has 0 radical (unpaired) electrons. The van der Waals surface area contributed by atoms with E-state index in [1.165, 1.54) is 0 Å². The molecule has 6 aromatic carbocycles. The fraction of sp³-hybridized carbons (Fsp3) is 0.0526. The summed E-state index contributed by atoms with van der Waals surface area (Å²) < 4.78 is 30.3. The lowest BCUT2D eigenvalue weighted by molar-refractivity contribution is 0.0301. The van der Waals surface area contributed by atoms with Crippen molar-refractivity contribution in [3.8, 4) is 0 Å². The minimum Gasteiger partial charge on any atom is -0.364 e. The van der Waals surface area contributed by atoms with Gasteiger partial charge >= 0.3 is 7.40 Å². The molecular weight excluding hydrogens is 518 g/mol. The standard InChI is InChI=1S/C38H30BFO2/c40-39(41-37(31-19-7-1-8-20-31,32-21-9-2-10-22-32)33-23-11-3-12-24-33)42-38(34-25-13-4-14-26-34,35-27-15-5-16-28-35)36-29-17-6-18-30-36/h1-30H. The van der Waals surface area contributed by atoms with E-state index in [1.54, 1.807) is 0 Å². The zero-order chi connectivity index (χ0) is 28.7. The van der Waals surface area contributed by atoms with E-state index in [1.807, 2.05) is 182 Å². The van der Waals surface area contributed by atoms with Crippen LogP contribution < -0.4 is 0 Å². The second-order valence-corrected chi connectivity index (χ2v) is 10.1. The lowest BCUT2D eigenvalue weighted by Gasteiger charge is -2.40. The monoisotopic (exact) mass is 548 g/mol. The predicted octanol–water partition coefficient (Wildman–Crippen LogP) is 8.96. The molecule has 6 rings (SSSR count). The quantitative estimate of drug-likeness (QED) is 0.126. The maximum Gasteiger partial charge on any atom is 0.682 e. The second kappa shape index (κ2) is 12.4. The van der Waals surface area contributed by atoms with Crippen molar-refractivity contribution in [2.24, 2.45) is 0 Å². The van der Waals surface area contributed by atoms with Gasteiger partial charge in [0.05, 0.1) is 0 Å². The molecule has 42 heavy (non-hydrogen) atoms. The van der Waals surface area contributed by atoms with E-state index < -0.39 is 18.6 Å². The largest absolute Gasteiger partial charge is 0.682 e. The Morgan fingerprint density at radius 2 is 0.476 bits per heavy atom. The first-order valence-electron chi connectivity index (χ1n) is 14.1. The van der Waals surface area contributed by atoms with Gasteiger partial charge < -0.3 is 9.31 Å². The van der Waals surface area contributed by atoms with Gasteiger partial charge in [0.1, 0.15) is 11.2 Å². The van der Waals surface area contributed by atoms with E-state index in [0.29, 0.717) is 0 Å². The van der Waals surface area contributed by atoms with Crippen LogP contribution in [0, 0.1) is 0 Å². The Morgan fingerprint density at radius 3 is 0.643 bits per heavy atom. The minimum atomic E-state index is -2.15. The van der Waals surface area contributed by atoms with Crippen LogP contribution in [0.3, 0.4) is 0 Å². The van der Waals surface area contributed by atoms with Gasteiger partial charge in [-0.05, 0) is 33.4 Å². The van der Waals surface area contributed by atoms with E-state index in [0.717, 1.165) is 33.4 Å². The Bertz CT molecular complexity index is 1340. The molecule has 6 aromatic rings. The number of halogens is 1. The molecule has 0 aliphatic rings.